The van der Waals surface area contributed by atoms with Gasteiger partial charge in [0, 0.05) is 12.4 Å². The topological polar surface area (TPSA) is 46.0 Å². The van der Waals surface area contributed by atoms with E-state index in [0.29, 0.717) is 5.69 Å². The number of aromatic nitrogens is 2. The highest BCUT2D eigenvalue weighted by atomic mass is 16.3. The molecule has 14 heavy (non-hydrogen) atoms. The van der Waals surface area contributed by atoms with E-state index in [0.717, 1.165) is 5.56 Å². The Morgan fingerprint density at radius 3 is 2.50 bits per heavy atom. The Morgan fingerprint density at radius 2 is 1.86 bits per heavy atom. The largest absolute Gasteiger partial charge is 0.382 e. The molecule has 0 radical (unpaired) electrons. The number of nitrogens with zero attached hydrogens (tertiary/aromatic N) is 2. The summed E-state index contributed by atoms with van der Waals surface area (Å²) in [6, 6.07) is 9.40. The van der Waals surface area contributed by atoms with Crippen LogP contribution >= 0.6 is 0 Å². The monoisotopic (exact) mass is 186 g/mol. The second kappa shape index (κ2) is 3.98. The van der Waals surface area contributed by atoms with Crippen LogP contribution in [-0.4, -0.2) is 15.1 Å². The van der Waals surface area contributed by atoms with Gasteiger partial charge >= 0.3 is 0 Å². The van der Waals surface area contributed by atoms with E-state index in [-0.39, 0.29) is 0 Å². The highest BCUT2D eigenvalue weighted by molar-refractivity contribution is 5.23. The van der Waals surface area contributed by atoms with Gasteiger partial charge in [-0.3, -0.25) is 9.97 Å². The van der Waals surface area contributed by atoms with Gasteiger partial charge in [0.15, 0.2) is 0 Å². The van der Waals surface area contributed by atoms with Crippen molar-refractivity contribution in [1.29, 1.82) is 0 Å². The molecule has 3 heteroatoms. The molecule has 0 aliphatic carbocycles. The van der Waals surface area contributed by atoms with Crippen molar-refractivity contribution < 1.29 is 5.11 Å². The van der Waals surface area contributed by atoms with Gasteiger partial charge in [-0.1, -0.05) is 30.3 Å². The van der Waals surface area contributed by atoms with Gasteiger partial charge in [-0.15, -0.1) is 0 Å². The van der Waals surface area contributed by atoms with Crippen LogP contribution in [0, 0.1) is 0 Å². The van der Waals surface area contributed by atoms with Gasteiger partial charge < -0.3 is 5.11 Å². The maximum absolute atomic E-state index is 9.89. The standard InChI is InChI=1S/C11H10N2O/c14-11(9-4-2-1-3-5-9)10-8-12-6-7-13-10/h1-8,11,14H. The highest BCUT2D eigenvalue weighted by Crippen LogP contribution is 2.17. The van der Waals surface area contributed by atoms with Crippen LogP contribution in [-0.2, 0) is 0 Å². The first-order valence-corrected chi connectivity index (χ1v) is 4.37. The average Bonchev–Trinajstić information content (AvgIpc) is 2.30. The fraction of sp³-hybridized carbons (Fsp3) is 0.0909. The summed E-state index contributed by atoms with van der Waals surface area (Å²) < 4.78 is 0. The molecular formula is C11H10N2O. The minimum Gasteiger partial charge on any atom is -0.382 e. The molecule has 0 spiro atoms. The molecule has 0 bridgehead atoms. The predicted molar refractivity (Wildman–Crippen MR) is 52.5 cm³/mol. The molecule has 0 amide bonds. The van der Waals surface area contributed by atoms with E-state index in [1.807, 2.05) is 30.3 Å². The summed E-state index contributed by atoms with van der Waals surface area (Å²) in [5.74, 6) is 0. The highest BCUT2D eigenvalue weighted by Gasteiger charge is 2.10. The fourth-order valence-corrected chi connectivity index (χ4v) is 1.26. The van der Waals surface area contributed by atoms with E-state index in [9.17, 15) is 5.11 Å². The van der Waals surface area contributed by atoms with Crippen molar-refractivity contribution in [2.24, 2.45) is 0 Å². The van der Waals surface area contributed by atoms with Crippen molar-refractivity contribution >= 4 is 0 Å². The number of benzene rings is 1. The molecule has 1 N–H and O–H groups in total. The van der Waals surface area contributed by atoms with Gasteiger partial charge in [-0.05, 0) is 5.56 Å². The van der Waals surface area contributed by atoms with Crippen LogP contribution in [0.15, 0.2) is 48.9 Å². The van der Waals surface area contributed by atoms with E-state index >= 15 is 0 Å². The van der Waals surface area contributed by atoms with E-state index in [1.54, 1.807) is 18.6 Å². The Balaban J connectivity index is 2.30. The zero-order valence-electron chi connectivity index (χ0n) is 7.54. The van der Waals surface area contributed by atoms with Gasteiger partial charge in [0.2, 0.25) is 0 Å². The summed E-state index contributed by atoms with van der Waals surface area (Å²) in [4.78, 5) is 7.95. The second-order valence-corrected chi connectivity index (χ2v) is 2.94. The minimum atomic E-state index is -0.690. The quantitative estimate of drug-likeness (QED) is 0.774. The molecule has 1 unspecified atom stereocenters. The van der Waals surface area contributed by atoms with Gasteiger partial charge in [0.05, 0.1) is 11.9 Å². The van der Waals surface area contributed by atoms with Gasteiger partial charge in [-0.25, -0.2) is 0 Å². The molecule has 0 saturated carbocycles. The number of rotatable bonds is 2. The maximum Gasteiger partial charge on any atom is 0.123 e. The average molecular weight is 186 g/mol. The normalized spacial score (nSPS) is 12.4. The molecule has 2 aromatic rings. The predicted octanol–water partition coefficient (Wildman–Crippen LogP) is 1.56. The minimum absolute atomic E-state index is 0.568. The smallest absolute Gasteiger partial charge is 0.123 e. The Bertz CT molecular complexity index is 349. The van der Waals surface area contributed by atoms with Crippen LogP contribution in [0.2, 0.25) is 0 Å². The molecule has 2 rings (SSSR count). The third-order valence-electron chi connectivity index (χ3n) is 1.98. The van der Waals surface area contributed by atoms with E-state index in [4.69, 9.17) is 0 Å². The van der Waals surface area contributed by atoms with Crippen molar-refractivity contribution in [3.63, 3.8) is 0 Å². The first-order valence-electron chi connectivity index (χ1n) is 4.37. The summed E-state index contributed by atoms with van der Waals surface area (Å²) in [7, 11) is 0. The van der Waals surface area contributed by atoms with Crippen LogP contribution in [0.1, 0.15) is 17.4 Å². The van der Waals surface area contributed by atoms with Crippen LogP contribution < -0.4 is 0 Å². The Kier molecular flexibility index (Phi) is 2.51. The lowest BCUT2D eigenvalue weighted by Gasteiger charge is -2.08. The fourth-order valence-electron chi connectivity index (χ4n) is 1.26. The summed E-state index contributed by atoms with van der Waals surface area (Å²) in [6.45, 7) is 0. The van der Waals surface area contributed by atoms with E-state index in [1.165, 1.54) is 0 Å². The van der Waals surface area contributed by atoms with Crippen LogP contribution in [0.25, 0.3) is 0 Å². The van der Waals surface area contributed by atoms with Crippen molar-refractivity contribution in [2.75, 3.05) is 0 Å². The van der Waals surface area contributed by atoms with E-state index < -0.39 is 6.10 Å². The molecule has 70 valence electrons. The lowest BCUT2D eigenvalue weighted by molar-refractivity contribution is 0.215. The zero-order valence-corrected chi connectivity index (χ0v) is 7.54. The Labute approximate surface area is 82.1 Å². The lowest BCUT2D eigenvalue weighted by atomic mass is 10.1. The molecule has 0 fully saturated rings. The number of hydrogen-bond acceptors (Lipinski definition) is 3. The van der Waals surface area contributed by atoms with Gasteiger partial charge in [0.1, 0.15) is 6.10 Å². The summed E-state index contributed by atoms with van der Waals surface area (Å²) in [6.07, 6.45) is 4.03. The summed E-state index contributed by atoms with van der Waals surface area (Å²) >= 11 is 0. The number of aliphatic hydroxyl groups excluding tert-OH is 1. The first-order chi connectivity index (χ1) is 6.88. The second-order valence-electron chi connectivity index (χ2n) is 2.94. The maximum atomic E-state index is 9.89. The molecule has 1 aromatic carbocycles. The Hall–Kier alpha value is -1.74. The summed E-state index contributed by atoms with van der Waals surface area (Å²) in [5, 5.41) is 9.89. The summed E-state index contributed by atoms with van der Waals surface area (Å²) in [5.41, 5.74) is 1.40. The van der Waals surface area contributed by atoms with E-state index in [2.05, 4.69) is 9.97 Å². The Morgan fingerprint density at radius 1 is 1.07 bits per heavy atom. The molecule has 0 aliphatic heterocycles. The van der Waals surface area contributed by atoms with Crippen molar-refractivity contribution in [3.8, 4) is 0 Å². The first kappa shape index (κ1) is 8.84. The molecule has 1 aromatic heterocycles. The zero-order chi connectivity index (χ0) is 9.80. The molecule has 0 saturated heterocycles. The van der Waals surface area contributed by atoms with Crippen LogP contribution in [0.5, 0.6) is 0 Å². The number of hydrogen-bond donors (Lipinski definition) is 1. The molecule has 0 aliphatic rings. The molecule has 1 atom stereocenters. The van der Waals surface area contributed by atoms with Crippen molar-refractivity contribution in [2.45, 2.75) is 6.10 Å². The number of aliphatic hydroxyl groups is 1. The third kappa shape index (κ3) is 1.78. The van der Waals surface area contributed by atoms with Crippen molar-refractivity contribution in [3.05, 3.63) is 60.2 Å². The van der Waals surface area contributed by atoms with Crippen LogP contribution in [0.4, 0.5) is 0 Å². The molecule has 3 nitrogen and oxygen atoms in total. The van der Waals surface area contributed by atoms with Gasteiger partial charge in [0.25, 0.3) is 0 Å². The third-order valence-corrected chi connectivity index (χ3v) is 1.98. The van der Waals surface area contributed by atoms with Crippen LogP contribution in [0.3, 0.4) is 0 Å². The van der Waals surface area contributed by atoms with Crippen molar-refractivity contribution in [1.82, 2.24) is 9.97 Å². The van der Waals surface area contributed by atoms with Gasteiger partial charge in [-0.2, -0.15) is 0 Å². The molecular weight excluding hydrogens is 176 g/mol. The SMILES string of the molecule is OC(c1ccccc1)c1cnccn1. The lowest BCUT2D eigenvalue weighted by Crippen LogP contribution is -2.01. The molecule has 1 heterocycles.